The minimum Gasteiger partial charge on any atom is -0.357 e. The number of aryl methyl sites for hydroxylation is 1. The summed E-state index contributed by atoms with van der Waals surface area (Å²) in [6.07, 6.45) is 2.18. The molecule has 0 radical (unpaired) electrons. The summed E-state index contributed by atoms with van der Waals surface area (Å²) in [5.41, 5.74) is 1.84. The molecule has 1 unspecified atom stereocenters. The highest BCUT2D eigenvalue weighted by molar-refractivity contribution is 14.0. The van der Waals surface area contributed by atoms with Gasteiger partial charge in [-0.2, -0.15) is 0 Å². The summed E-state index contributed by atoms with van der Waals surface area (Å²) in [6.45, 7) is 10.9. The van der Waals surface area contributed by atoms with Crippen LogP contribution in [0.15, 0.2) is 29.3 Å². The molecule has 0 amide bonds. The van der Waals surface area contributed by atoms with E-state index in [-0.39, 0.29) is 30.0 Å². The van der Waals surface area contributed by atoms with Crippen molar-refractivity contribution in [2.45, 2.75) is 52.6 Å². The maximum absolute atomic E-state index is 11.4. The maximum atomic E-state index is 11.4. The number of aliphatic imine (C=N–C) groups is 1. The van der Waals surface area contributed by atoms with Gasteiger partial charge in [0.2, 0.25) is 10.0 Å². The number of benzene rings is 1. The Hall–Kier alpha value is -0.870. The molecule has 8 heteroatoms. The molecule has 150 valence electrons. The van der Waals surface area contributed by atoms with Crippen LogP contribution in [0.25, 0.3) is 0 Å². The number of sulfonamides is 1. The Kier molecular flexibility index (Phi) is 10.7. The third-order valence-electron chi connectivity index (χ3n) is 3.68. The van der Waals surface area contributed by atoms with Crippen LogP contribution in [0.5, 0.6) is 0 Å². The van der Waals surface area contributed by atoms with Gasteiger partial charge in [0.05, 0.1) is 18.8 Å². The number of hydrogen-bond donors (Lipinski definition) is 3. The Balaban J connectivity index is 0.00000625. The fourth-order valence-electron chi connectivity index (χ4n) is 2.46. The van der Waals surface area contributed by atoms with Crippen molar-refractivity contribution in [3.05, 3.63) is 35.4 Å². The monoisotopic (exact) mass is 496 g/mol. The van der Waals surface area contributed by atoms with E-state index in [1.54, 1.807) is 0 Å². The molecule has 0 aliphatic rings. The summed E-state index contributed by atoms with van der Waals surface area (Å²) in [4.78, 5) is 4.54. The zero-order valence-corrected chi connectivity index (χ0v) is 19.7. The van der Waals surface area contributed by atoms with Gasteiger partial charge in [-0.05, 0) is 45.2 Å². The molecule has 0 aliphatic heterocycles. The largest absolute Gasteiger partial charge is 0.357 e. The molecule has 0 saturated carbocycles. The topological polar surface area (TPSA) is 82.6 Å². The van der Waals surface area contributed by atoms with Crippen molar-refractivity contribution in [1.29, 1.82) is 0 Å². The van der Waals surface area contributed by atoms with Crippen molar-refractivity contribution in [1.82, 2.24) is 15.4 Å². The first-order valence-corrected chi connectivity index (χ1v) is 10.6. The third kappa shape index (κ3) is 9.72. The van der Waals surface area contributed by atoms with Crippen molar-refractivity contribution in [3.63, 3.8) is 0 Å². The third-order valence-corrected chi connectivity index (χ3v) is 4.60. The number of nitrogens with zero attached hydrogens (tertiary/aromatic N) is 1. The zero-order valence-electron chi connectivity index (χ0n) is 16.6. The summed E-state index contributed by atoms with van der Waals surface area (Å²) in [6, 6.07) is 8.60. The fraction of sp³-hybridized carbons (Fsp3) is 0.611. The summed E-state index contributed by atoms with van der Waals surface area (Å²) in [5, 5.41) is 6.57. The lowest BCUT2D eigenvalue weighted by Gasteiger charge is -2.24. The van der Waals surface area contributed by atoms with Gasteiger partial charge in [0.1, 0.15) is 0 Å². The molecule has 6 nitrogen and oxygen atoms in total. The highest BCUT2D eigenvalue weighted by Gasteiger charge is 2.22. The summed E-state index contributed by atoms with van der Waals surface area (Å²) >= 11 is 0. The van der Waals surface area contributed by atoms with Gasteiger partial charge in [0, 0.05) is 12.1 Å². The van der Waals surface area contributed by atoms with Gasteiger partial charge in [-0.3, -0.25) is 4.99 Å². The SMILES string of the molecule is CCNC(=NCC(C)(C)NS(C)(=O)=O)NC(C)c1ccc(CC)cc1.I. The Morgan fingerprint density at radius 3 is 2.23 bits per heavy atom. The van der Waals surface area contributed by atoms with Crippen LogP contribution in [0.2, 0.25) is 0 Å². The van der Waals surface area contributed by atoms with Gasteiger partial charge in [0.25, 0.3) is 0 Å². The first-order chi connectivity index (χ1) is 11.6. The standard InChI is InChI=1S/C18H32N4O2S.HI/c1-7-15-9-11-16(12-10-15)14(3)21-17(19-8-2)20-13-18(4,5)22-25(6,23)24;/h9-12,14,22H,7-8,13H2,1-6H3,(H2,19,20,21);1H. The lowest BCUT2D eigenvalue weighted by Crippen LogP contribution is -2.47. The van der Waals surface area contributed by atoms with Crippen LogP contribution in [0.3, 0.4) is 0 Å². The minimum atomic E-state index is -3.27. The quantitative estimate of drug-likeness (QED) is 0.294. The van der Waals surface area contributed by atoms with Crippen LogP contribution in [0, 0.1) is 0 Å². The summed E-state index contributed by atoms with van der Waals surface area (Å²) in [7, 11) is -3.27. The van der Waals surface area contributed by atoms with Crippen LogP contribution >= 0.6 is 24.0 Å². The van der Waals surface area contributed by atoms with E-state index in [2.05, 4.69) is 58.5 Å². The molecule has 1 aromatic carbocycles. The molecule has 0 aromatic heterocycles. The van der Waals surface area contributed by atoms with E-state index < -0.39 is 15.6 Å². The highest BCUT2D eigenvalue weighted by atomic mass is 127. The Labute approximate surface area is 175 Å². The van der Waals surface area contributed by atoms with Gasteiger partial charge < -0.3 is 10.6 Å². The molecule has 1 atom stereocenters. The molecule has 0 spiro atoms. The second kappa shape index (κ2) is 11.1. The molecule has 0 fully saturated rings. The Morgan fingerprint density at radius 1 is 1.19 bits per heavy atom. The molecular formula is C18H33IN4O2S. The van der Waals surface area contributed by atoms with Gasteiger partial charge in [0.15, 0.2) is 5.96 Å². The number of guanidine groups is 1. The van der Waals surface area contributed by atoms with E-state index in [1.165, 1.54) is 11.1 Å². The molecule has 0 bridgehead atoms. The average Bonchev–Trinajstić information content (AvgIpc) is 2.50. The van der Waals surface area contributed by atoms with Crippen molar-refractivity contribution in [3.8, 4) is 0 Å². The Morgan fingerprint density at radius 2 is 1.77 bits per heavy atom. The molecule has 1 rings (SSSR count). The summed E-state index contributed by atoms with van der Waals surface area (Å²) < 4.78 is 25.5. The van der Waals surface area contributed by atoms with E-state index in [4.69, 9.17) is 0 Å². The van der Waals surface area contributed by atoms with Crippen molar-refractivity contribution in [2.24, 2.45) is 4.99 Å². The van der Waals surface area contributed by atoms with Gasteiger partial charge >= 0.3 is 0 Å². The van der Waals surface area contributed by atoms with Crippen LogP contribution in [0.4, 0.5) is 0 Å². The van der Waals surface area contributed by atoms with E-state index in [9.17, 15) is 8.42 Å². The van der Waals surface area contributed by atoms with Crippen molar-refractivity contribution < 1.29 is 8.42 Å². The predicted octanol–water partition coefficient (Wildman–Crippen LogP) is 2.81. The van der Waals surface area contributed by atoms with E-state index in [0.717, 1.165) is 19.2 Å². The van der Waals surface area contributed by atoms with Crippen molar-refractivity contribution >= 4 is 40.0 Å². The summed E-state index contributed by atoms with van der Waals surface area (Å²) in [5.74, 6) is 0.665. The first kappa shape index (κ1) is 25.1. The first-order valence-electron chi connectivity index (χ1n) is 8.69. The predicted molar refractivity (Wildman–Crippen MR) is 121 cm³/mol. The molecule has 0 saturated heterocycles. The van der Waals surface area contributed by atoms with Crippen LogP contribution < -0.4 is 15.4 Å². The van der Waals surface area contributed by atoms with E-state index in [1.807, 2.05) is 20.8 Å². The van der Waals surface area contributed by atoms with Crippen LogP contribution in [-0.4, -0.2) is 39.3 Å². The molecular weight excluding hydrogens is 463 g/mol. The lowest BCUT2D eigenvalue weighted by molar-refractivity contribution is 0.464. The zero-order chi connectivity index (χ0) is 19.1. The molecule has 0 heterocycles. The molecule has 0 aliphatic carbocycles. The minimum absolute atomic E-state index is 0. The molecule has 1 aromatic rings. The van der Waals surface area contributed by atoms with E-state index in [0.29, 0.717) is 12.5 Å². The molecule has 26 heavy (non-hydrogen) atoms. The second-order valence-electron chi connectivity index (χ2n) is 6.91. The van der Waals surface area contributed by atoms with Gasteiger partial charge in [-0.15, -0.1) is 24.0 Å². The maximum Gasteiger partial charge on any atom is 0.209 e. The van der Waals surface area contributed by atoms with Crippen molar-refractivity contribution in [2.75, 3.05) is 19.3 Å². The number of rotatable bonds is 8. The second-order valence-corrected chi connectivity index (χ2v) is 8.66. The van der Waals surface area contributed by atoms with Crippen LogP contribution in [-0.2, 0) is 16.4 Å². The number of halogens is 1. The number of nitrogens with one attached hydrogen (secondary N) is 3. The molecule has 3 N–H and O–H groups in total. The van der Waals surface area contributed by atoms with E-state index >= 15 is 0 Å². The lowest BCUT2D eigenvalue weighted by atomic mass is 10.1. The number of hydrogen-bond acceptors (Lipinski definition) is 3. The van der Waals surface area contributed by atoms with Gasteiger partial charge in [-0.1, -0.05) is 31.2 Å². The van der Waals surface area contributed by atoms with Gasteiger partial charge in [-0.25, -0.2) is 13.1 Å². The smallest absolute Gasteiger partial charge is 0.209 e. The normalized spacial score (nSPS) is 13.7. The highest BCUT2D eigenvalue weighted by Crippen LogP contribution is 2.14. The Bertz CT molecular complexity index is 673. The fourth-order valence-corrected chi connectivity index (χ4v) is 3.53. The van der Waals surface area contributed by atoms with Crippen LogP contribution in [0.1, 0.15) is 51.8 Å². The average molecular weight is 496 g/mol.